The molecule has 2 atom stereocenters. The van der Waals surface area contributed by atoms with E-state index in [0.29, 0.717) is 6.04 Å². The molecule has 2 unspecified atom stereocenters. The van der Waals surface area contributed by atoms with E-state index in [-0.39, 0.29) is 31.0 Å². The molecule has 1 saturated heterocycles. The van der Waals surface area contributed by atoms with Gasteiger partial charge in [0, 0.05) is 12.1 Å². The summed E-state index contributed by atoms with van der Waals surface area (Å²) in [5.41, 5.74) is 0. The lowest BCUT2D eigenvalue weighted by Gasteiger charge is -2.30. The monoisotopic (exact) mass is 262 g/mol. The van der Waals surface area contributed by atoms with Crippen molar-refractivity contribution in [1.82, 2.24) is 10.6 Å². The minimum absolute atomic E-state index is 0. The summed E-state index contributed by atoms with van der Waals surface area (Å²) < 4.78 is 5.36. The first-order valence-electron chi connectivity index (χ1n) is 6.36. The van der Waals surface area contributed by atoms with Gasteiger partial charge in [0.1, 0.15) is 6.61 Å². The van der Waals surface area contributed by atoms with E-state index in [1.165, 1.54) is 12.8 Å². The third-order valence-corrected chi connectivity index (χ3v) is 3.39. The fourth-order valence-electron chi connectivity index (χ4n) is 2.09. The Bertz CT molecular complexity index is 247. The van der Waals surface area contributed by atoms with Gasteiger partial charge in [0.25, 0.3) is 0 Å². The van der Waals surface area contributed by atoms with Crippen molar-refractivity contribution >= 4 is 18.3 Å². The van der Waals surface area contributed by atoms with Gasteiger partial charge in [0.15, 0.2) is 0 Å². The molecule has 1 heterocycles. The quantitative estimate of drug-likeness (QED) is 0.780. The number of piperidine rings is 1. The van der Waals surface area contributed by atoms with Gasteiger partial charge in [-0.2, -0.15) is 0 Å². The summed E-state index contributed by atoms with van der Waals surface area (Å²) in [5.74, 6) is 0.754. The molecule has 5 heteroatoms. The van der Waals surface area contributed by atoms with Crippen molar-refractivity contribution in [2.24, 2.45) is 5.92 Å². The van der Waals surface area contributed by atoms with E-state index >= 15 is 0 Å². The summed E-state index contributed by atoms with van der Waals surface area (Å²) in [4.78, 5) is 11.6. The van der Waals surface area contributed by atoms with Gasteiger partial charge < -0.3 is 15.4 Å². The number of hydrogen-bond acceptors (Lipinski definition) is 3. The molecule has 1 saturated carbocycles. The van der Waals surface area contributed by atoms with Crippen LogP contribution in [0.3, 0.4) is 0 Å². The highest BCUT2D eigenvalue weighted by Crippen LogP contribution is 2.28. The number of nitrogens with one attached hydrogen (secondary N) is 2. The normalized spacial score (nSPS) is 28.3. The topological polar surface area (TPSA) is 50.4 Å². The highest BCUT2D eigenvalue weighted by Gasteiger charge is 2.24. The molecule has 1 amide bonds. The predicted octanol–water partition coefficient (Wildman–Crippen LogP) is 1.09. The van der Waals surface area contributed by atoms with Crippen molar-refractivity contribution < 1.29 is 9.53 Å². The molecule has 17 heavy (non-hydrogen) atoms. The van der Waals surface area contributed by atoms with Crippen LogP contribution in [0.25, 0.3) is 0 Å². The van der Waals surface area contributed by atoms with Gasteiger partial charge >= 0.3 is 0 Å². The van der Waals surface area contributed by atoms with Crippen LogP contribution < -0.4 is 10.6 Å². The van der Waals surface area contributed by atoms with Crippen molar-refractivity contribution in [1.29, 1.82) is 0 Å². The number of carbonyl (C=O) groups excluding carboxylic acids is 1. The van der Waals surface area contributed by atoms with Gasteiger partial charge in [-0.15, -0.1) is 12.4 Å². The fourth-order valence-corrected chi connectivity index (χ4v) is 2.09. The summed E-state index contributed by atoms with van der Waals surface area (Å²) in [5, 5.41) is 6.40. The average molecular weight is 263 g/mol. The predicted molar refractivity (Wildman–Crippen MR) is 69.4 cm³/mol. The maximum absolute atomic E-state index is 11.6. The largest absolute Gasteiger partial charge is 0.371 e. The highest BCUT2D eigenvalue weighted by molar-refractivity contribution is 5.85. The van der Waals surface area contributed by atoms with E-state index in [4.69, 9.17) is 4.74 Å². The number of amides is 1. The molecule has 1 aliphatic heterocycles. The molecule has 0 aromatic rings. The van der Waals surface area contributed by atoms with Crippen LogP contribution in [0.1, 0.15) is 32.6 Å². The van der Waals surface area contributed by atoms with Crippen LogP contribution in [0.2, 0.25) is 0 Å². The van der Waals surface area contributed by atoms with Crippen LogP contribution >= 0.6 is 12.4 Å². The first-order valence-corrected chi connectivity index (χ1v) is 6.36. The summed E-state index contributed by atoms with van der Waals surface area (Å²) in [6, 6.07) is 0.645. The zero-order valence-corrected chi connectivity index (χ0v) is 11.2. The van der Waals surface area contributed by atoms with Crippen LogP contribution in [-0.4, -0.2) is 37.7 Å². The van der Waals surface area contributed by atoms with Gasteiger partial charge in [-0.05, 0) is 45.1 Å². The van der Waals surface area contributed by atoms with E-state index in [9.17, 15) is 4.79 Å². The van der Waals surface area contributed by atoms with Gasteiger partial charge in [0.05, 0.1) is 6.61 Å². The lowest BCUT2D eigenvalue weighted by Crippen LogP contribution is -2.52. The number of ether oxygens (including phenoxy) is 1. The van der Waals surface area contributed by atoms with E-state index in [0.717, 1.165) is 31.9 Å². The maximum atomic E-state index is 11.6. The minimum atomic E-state index is 0. The first kappa shape index (κ1) is 14.7. The molecule has 0 spiro atoms. The summed E-state index contributed by atoms with van der Waals surface area (Å²) in [7, 11) is 0. The van der Waals surface area contributed by atoms with Gasteiger partial charge in [0.2, 0.25) is 5.91 Å². The zero-order valence-electron chi connectivity index (χ0n) is 10.4. The van der Waals surface area contributed by atoms with Crippen molar-refractivity contribution in [2.45, 2.75) is 44.7 Å². The van der Waals surface area contributed by atoms with Crippen LogP contribution in [-0.2, 0) is 9.53 Å². The molecule has 2 fully saturated rings. The molecule has 0 aromatic heterocycles. The second-order valence-electron chi connectivity index (χ2n) is 5.02. The molecule has 0 aromatic carbocycles. The SMILES string of the molecule is CC1NCCCC1NC(=O)COCC1CC1.Cl. The van der Waals surface area contributed by atoms with Crippen molar-refractivity contribution in [3.05, 3.63) is 0 Å². The van der Waals surface area contributed by atoms with E-state index in [2.05, 4.69) is 17.6 Å². The molecule has 100 valence electrons. The van der Waals surface area contributed by atoms with Crippen molar-refractivity contribution in [3.8, 4) is 0 Å². The average Bonchev–Trinajstić information content (AvgIpc) is 3.05. The Kier molecular flexibility index (Phi) is 6.23. The van der Waals surface area contributed by atoms with E-state index in [1.807, 2.05) is 0 Å². The van der Waals surface area contributed by atoms with Crippen molar-refractivity contribution in [3.63, 3.8) is 0 Å². The summed E-state index contributed by atoms with van der Waals surface area (Å²) in [6.07, 6.45) is 4.75. The number of halogens is 1. The molecule has 2 N–H and O–H groups in total. The molecule has 0 bridgehead atoms. The Morgan fingerprint density at radius 3 is 2.82 bits per heavy atom. The molecule has 0 radical (unpaired) electrons. The number of carbonyl (C=O) groups is 1. The number of hydrogen-bond donors (Lipinski definition) is 2. The second-order valence-corrected chi connectivity index (χ2v) is 5.02. The van der Waals surface area contributed by atoms with E-state index < -0.39 is 0 Å². The Labute approximate surface area is 109 Å². The maximum Gasteiger partial charge on any atom is 0.246 e. The van der Waals surface area contributed by atoms with Gasteiger partial charge in [-0.1, -0.05) is 0 Å². The highest BCUT2D eigenvalue weighted by atomic mass is 35.5. The lowest BCUT2D eigenvalue weighted by molar-refractivity contribution is -0.126. The number of rotatable bonds is 5. The van der Waals surface area contributed by atoms with Crippen LogP contribution in [0.4, 0.5) is 0 Å². The Morgan fingerprint density at radius 1 is 1.41 bits per heavy atom. The second kappa shape index (κ2) is 7.19. The molecule has 1 aliphatic carbocycles. The van der Waals surface area contributed by atoms with Crippen LogP contribution in [0.15, 0.2) is 0 Å². The molecule has 2 rings (SSSR count). The summed E-state index contributed by atoms with van der Waals surface area (Å²) in [6.45, 7) is 4.16. The van der Waals surface area contributed by atoms with Gasteiger partial charge in [-0.3, -0.25) is 4.79 Å². The Balaban J connectivity index is 0.00000144. The van der Waals surface area contributed by atoms with E-state index in [1.54, 1.807) is 0 Å². The van der Waals surface area contributed by atoms with Crippen LogP contribution in [0, 0.1) is 5.92 Å². The summed E-state index contributed by atoms with van der Waals surface area (Å²) >= 11 is 0. The van der Waals surface area contributed by atoms with Crippen LogP contribution in [0.5, 0.6) is 0 Å². The smallest absolute Gasteiger partial charge is 0.246 e. The third kappa shape index (κ3) is 5.23. The Hall–Kier alpha value is -0.320. The standard InChI is InChI=1S/C12H22N2O2.ClH/c1-9-11(3-2-6-13-9)14-12(15)8-16-7-10-4-5-10;/h9-11,13H,2-8H2,1H3,(H,14,15);1H. The van der Waals surface area contributed by atoms with Gasteiger partial charge in [-0.25, -0.2) is 0 Å². The lowest BCUT2D eigenvalue weighted by atomic mass is 10.00. The molecular formula is C12H23ClN2O2. The molecule has 2 aliphatic rings. The molecular weight excluding hydrogens is 240 g/mol. The molecule has 4 nitrogen and oxygen atoms in total. The fraction of sp³-hybridized carbons (Fsp3) is 0.917. The zero-order chi connectivity index (χ0) is 11.4. The Morgan fingerprint density at radius 2 is 2.18 bits per heavy atom. The first-order chi connectivity index (χ1) is 7.75. The van der Waals surface area contributed by atoms with Crippen molar-refractivity contribution in [2.75, 3.05) is 19.8 Å². The third-order valence-electron chi connectivity index (χ3n) is 3.39. The minimum Gasteiger partial charge on any atom is -0.371 e.